The monoisotopic (exact) mass is 311 g/mol. The quantitative estimate of drug-likeness (QED) is 0.906. The van der Waals surface area contributed by atoms with E-state index in [0.717, 1.165) is 37.5 Å². The van der Waals surface area contributed by atoms with Crippen LogP contribution in [0.1, 0.15) is 39.3 Å². The minimum atomic E-state index is 0.0462. The van der Waals surface area contributed by atoms with Crippen molar-refractivity contribution in [3.8, 4) is 0 Å². The molecule has 0 aliphatic carbocycles. The number of aromatic nitrogens is 1. The fourth-order valence-electron chi connectivity index (χ4n) is 2.35. The second-order valence-electron chi connectivity index (χ2n) is 6.72. The molecule has 1 aliphatic heterocycles. The summed E-state index contributed by atoms with van der Waals surface area (Å²) in [6.07, 6.45) is 2.62. The molecule has 0 saturated carbocycles. The maximum Gasteiger partial charge on any atom is 0.128 e. The Bertz CT molecular complexity index is 467. The number of ether oxygens (including phenoxy) is 1. The first-order valence-electron chi connectivity index (χ1n) is 7.58. The van der Waals surface area contributed by atoms with Gasteiger partial charge in [-0.2, -0.15) is 0 Å². The molecule has 0 spiro atoms. The van der Waals surface area contributed by atoms with E-state index in [9.17, 15) is 0 Å². The normalized spacial score (nSPS) is 19.0. The Morgan fingerprint density at radius 3 is 2.81 bits per heavy atom. The Morgan fingerprint density at radius 2 is 2.19 bits per heavy atom. The van der Waals surface area contributed by atoms with E-state index in [1.54, 1.807) is 0 Å². The maximum atomic E-state index is 6.25. The highest BCUT2D eigenvalue weighted by molar-refractivity contribution is 6.31. The Balaban J connectivity index is 2.02. The van der Waals surface area contributed by atoms with Gasteiger partial charge in [-0.25, -0.2) is 4.98 Å². The van der Waals surface area contributed by atoms with Crippen LogP contribution in [-0.4, -0.2) is 36.8 Å². The average Bonchev–Trinajstić information content (AvgIpc) is 2.89. The van der Waals surface area contributed by atoms with Gasteiger partial charge >= 0.3 is 0 Å². The lowest BCUT2D eigenvalue weighted by atomic mass is 10.1. The number of nitrogens with zero attached hydrogens (tertiary/aromatic N) is 2. The number of nitrogens with one attached hydrogen (secondary N) is 1. The third kappa shape index (κ3) is 5.13. The van der Waals surface area contributed by atoms with Crippen LogP contribution in [0, 0.1) is 0 Å². The molecule has 1 saturated heterocycles. The van der Waals surface area contributed by atoms with Gasteiger partial charge in [0.05, 0.1) is 16.8 Å². The number of hydrogen-bond acceptors (Lipinski definition) is 4. The van der Waals surface area contributed by atoms with Gasteiger partial charge in [0, 0.05) is 32.3 Å². The number of anilines is 1. The molecule has 1 aromatic rings. The molecule has 2 heterocycles. The Morgan fingerprint density at radius 1 is 1.43 bits per heavy atom. The molecule has 1 unspecified atom stereocenters. The van der Waals surface area contributed by atoms with Gasteiger partial charge in [-0.1, -0.05) is 11.6 Å². The fourth-order valence-corrected chi connectivity index (χ4v) is 2.52. The van der Waals surface area contributed by atoms with Crippen LogP contribution in [-0.2, 0) is 11.3 Å². The van der Waals surface area contributed by atoms with Gasteiger partial charge in [-0.15, -0.1) is 0 Å². The number of hydrogen-bond donors (Lipinski definition) is 1. The van der Waals surface area contributed by atoms with Crippen LogP contribution in [0.15, 0.2) is 12.1 Å². The number of likely N-dealkylation sites (N-methyl/N-ethyl adjacent to an activating group) is 1. The highest BCUT2D eigenvalue weighted by atomic mass is 35.5. The van der Waals surface area contributed by atoms with Crippen molar-refractivity contribution < 1.29 is 4.74 Å². The Kier molecular flexibility index (Phi) is 5.47. The van der Waals surface area contributed by atoms with Crippen LogP contribution < -0.4 is 10.2 Å². The van der Waals surface area contributed by atoms with Gasteiger partial charge in [0.15, 0.2) is 0 Å². The first-order chi connectivity index (χ1) is 9.85. The second kappa shape index (κ2) is 6.95. The van der Waals surface area contributed by atoms with E-state index in [4.69, 9.17) is 21.3 Å². The summed E-state index contributed by atoms with van der Waals surface area (Å²) in [4.78, 5) is 6.84. The van der Waals surface area contributed by atoms with Crippen molar-refractivity contribution in [3.63, 3.8) is 0 Å². The lowest BCUT2D eigenvalue weighted by Gasteiger charge is -2.24. The predicted octanol–water partition coefficient (Wildman–Crippen LogP) is 3.24. The molecule has 0 radical (unpaired) electrons. The molecule has 1 N–H and O–H groups in total. The van der Waals surface area contributed by atoms with E-state index >= 15 is 0 Å². The molecule has 2 rings (SSSR count). The molecule has 21 heavy (non-hydrogen) atoms. The Hall–Kier alpha value is -0.840. The molecular formula is C16H26ClN3O. The molecule has 1 atom stereocenters. The van der Waals surface area contributed by atoms with Gasteiger partial charge in [0.1, 0.15) is 5.82 Å². The summed E-state index contributed by atoms with van der Waals surface area (Å²) in [5.74, 6) is 0.945. The molecule has 1 fully saturated rings. The SMILES string of the molecule is CN(CC1CCCO1)c1ccc(Cl)c(CNC(C)(C)C)n1. The first kappa shape index (κ1) is 16.5. The average molecular weight is 312 g/mol. The molecular weight excluding hydrogens is 286 g/mol. The molecule has 0 bridgehead atoms. The van der Waals surface area contributed by atoms with Crippen LogP contribution in [0.25, 0.3) is 0 Å². The fraction of sp³-hybridized carbons (Fsp3) is 0.688. The van der Waals surface area contributed by atoms with Crippen LogP contribution in [0.3, 0.4) is 0 Å². The van der Waals surface area contributed by atoms with Crippen LogP contribution >= 0.6 is 11.6 Å². The van der Waals surface area contributed by atoms with Crippen molar-refractivity contribution in [2.24, 2.45) is 0 Å². The van der Waals surface area contributed by atoms with Gasteiger partial charge in [-0.3, -0.25) is 0 Å². The highest BCUT2D eigenvalue weighted by Gasteiger charge is 2.19. The minimum absolute atomic E-state index is 0.0462. The number of pyridine rings is 1. The molecule has 0 amide bonds. The van der Waals surface area contributed by atoms with Crippen molar-refractivity contribution in [1.82, 2.24) is 10.3 Å². The van der Waals surface area contributed by atoms with Crippen LogP contribution in [0.5, 0.6) is 0 Å². The lowest BCUT2D eigenvalue weighted by Crippen LogP contribution is -2.35. The summed E-state index contributed by atoms with van der Waals surface area (Å²) in [5.41, 5.74) is 0.938. The summed E-state index contributed by atoms with van der Waals surface area (Å²) >= 11 is 6.25. The molecule has 118 valence electrons. The van der Waals surface area contributed by atoms with Gasteiger partial charge in [-0.05, 0) is 45.7 Å². The topological polar surface area (TPSA) is 37.4 Å². The summed E-state index contributed by atoms with van der Waals surface area (Å²) in [5, 5.41) is 4.14. The zero-order valence-corrected chi connectivity index (χ0v) is 14.2. The summed E-state index contributed by atoms with van der Waals surface area (Å²) in [7, 11) is 2.05. The molecule has 5 heteroatoms. The van der Waals surface area contributed by atoms with E-state index in [1.807, 2.05) is 12.1 Å². The lowest BCUT2D eigenvalue weighted by molar-refractivity contribution is 0.116. The van der Waals surface area contributed by atoms with Gasteiger partial charge < -0.3 is 15.0 Å². The Labute approximate surface area is 132 Å². The maximum absolute atomic E-state index is 6.25. The number of halogens is 1. The third-order valence-electron chi connectivity index (χ3n) is 3.58. The summed E-state index contributed by atoms with van der Waals surface area (Å²) in [6, 6.07) is 3.90. The highest BCUT2D eigenvalue weighted by Crippen LogP contribution is 2.21. The van der Waals surface area contributed by atoms with Gasteiger partial charge in [0.2, 0.25) is 0 Å². The number of rotatable bonds is 5. The van der Waals surface area contributed by atoms with Crippen molar-refractivity contribution in [1.29, 1.82) is 0 Å². The standard InChI is InChI=1S/C16H26ClN3O/c1-16(2,3)18-10-14-13(17)7-8-15(19-14)20(4)11-12-6-5-9-21-12/h7-8,12,18H,5-6,9-11H2,1-4H3. The van der Waals surface area contributed by atoms with Crippen molar-refractivity contribution in [3.05, 3.63) is 22.8 Å². The van der Waals surface area contributed by atoms with E-state index < -0.39 is 0 Å². The second-order valence-corrected chi connectivity index (χ2v) is 7.12. The van der Waals surface area contributed by atoms with Crippen molar-refractivity contribution >= 4 is 17.4 Å². The van der Waals surface area contributed by atoms with E-state index in [-0.39, 0.29) is 5.54 Å². The van der Waals surface area contributed by atoms with Crippen LogP contribution in [0.2, 0.25) is 5.02 Å². The molecule has 1 aliphatic rings. The van der Waals surface area contributed by atoms with Crippen molar-refractivity contribution in [2.75, 3.05) is 25.1 Å². The van der Waals surface area contributed by atoms with E-state index in [0.29, 0.717) is 17.7 Å². The summed E-state index contributed by atoms with van der Waals surface area (Å²) < 4.78 is 5.68. The zero-order valence-electron chi connectivity index (χ0n) is 13.4. The van der Waals surface area contributed by atoms with Gasteiger partial charge in [0.25, 0.3) is 0 Å². The molecule has 0 aromatic carbocycles. The predicted molar refractivity (Wildman–Crippen MR) is 88.1 cm³/mol. The van der Waals surface area contributed by atoms with E-state index in [2.05, 4.69) is 38.0 Å². The third-order valence-corrected chi connectivity index (χ3v) is 3.93. The molecule has 4 nitrogen and oxygen atoms in total. The first-order valence-corrected chi connectivity index (χ1v) is 7.96. The van der Waals surface area contributed by atoms with Crippen molar-refractivity contribution in [2.45, 2.75) is 51.8 Å². The van der Waals surface area contributed by atoms with Crippen LogP contribution in [0.4, 0.5) is 5.82 Å². The smallest absolute Gasteiger partial charge is 0.128 e. The zero-order chi connectivity index (χ0) is 15.5. The van der Waals surface area contributed by atoms with E-state index in [1.165, 1.54) is 0 Å². The summed E-state index contributed by atoms with van der Waals surface area (Å²) in [6.45, 7) is 8.83. The molecule has 1 aromatic heterocycles. The minimum Gasteiger partial charge on any atom is -0.376 e. The largest absolute Gasteiger partial charge is 0.376 e.